The van der Waals surface area contributed by atoms with Crippen molar-refractivity contribution in [3.05, 3.63) is 75.8 Å². The highest BCUT2D eigenvalue weighted by molar-refractivity contribution is 5.84. The van der Waals surface area contributed by atoms with E-state index in [1.165, 1.54) is 6.92 Å². The molecule has 0 radical (unpaired) electrons. The summed E-state index contributed by atoms with van der Waals surface area (Å²) in [7, 11) is 4.69. The molecule has 1 aliphatic rings. The molecule has 0 fully saturated rings. The summed E-state index contributed by atoms with van der Waals surface area (Å²) in [5.74, 6) is 2.21. The van der Waals surface area contributed by atoms with Crippen LogP contribution in [0.3, 0.4) is 0 Å². The Kier molecular flexibility index (Phi) is 10.8. The molecule has 12 heteroatoms. The van der Waals surface area contributed by atoms with Crippen LogP contribution in [0.25, 0.3) is 16.8 Å². The molecule has 0 bridgehead atoms. The Morgan fingerprint density at radius 2 is 1.81 bits per heavy atom. The Labute approximate surface area is 280 Å². The summed E-state index contributed by atoms with van der Waals surface area (Å²) in [5.41, 5.74) is 4.06. The van der Waals surface area contributed by atoms with Crippen molar-refractivity contribution in [3.8, 4) is 28.4 Å². The summed E-state index contributed by atoms with van der Waals surface area (Å²) < 4.78 is 19.0. The smallest absolute Gasteiger partial charge is 0.220 e. The van der Waals surface area contributed by atoms with Gasteiger partial charge in [-0.1, -0.05) is 26.0 Å². The van der Waals surface area contributed by atoms with Gasteiger partial charge in [-0.15, -0.1) is 10.2 Å². The second-order valence-corrected chi connectivity index (χ2v) is 12.4. The highest BCUT2D eigenvalue weighted by Crippen LogP contribution is 2.50. The number of pyridine rings is 1. The lowest BCUT2D eigenvalue weighted by Gasteiger charge is -2.19. The standard InChI is InChI=1S/C36H44N6O6/c1-21(2)18-28(36-41-40-31-10-7-8-17-42(31)36)39-32(45)11-9-16-37-27-15-13-24-25(20-29(27)44)26(38-22(3)43)14-12-23-19-30(46-4)34(47-5)35(48-6)33(23)24/h7-8,10,13,15,17,19-21,26,28H,9,11-12,14,16,18H2,1-6H3,(H,37,44)(H,38,43)(H,39,45)/t26-,28-/m0/s1. The van der Waals surface area contributed by atoms with Crippen LogP contribution in [0.2, 0.25) is 0 Å². The third-order valence-electron chi connectivity index (χ3n) is 8.51. The summed E-state index contributed by atoms with van der Waals surface area (Å²) in [6, 6.07) is 12.1. The minimum Gasteiger partial charge on any atom is -0.493 e. The lowest BCUT2D eigenvalue weighted by molar-refractivity contribution is -0.122. The highest BCUT2D eigenvalue weighted by Gasteiger charge is 2.29. The molecule has 4 aromatic rings. The first kappa shape index (κ1) is 34.2. The summed E-state index contributed by atoms with van der Waals surface area (Å²) in [6.45, 7) is 6.08. The zero-order valence-electron chi connectivity index (χ0n) is 28.4. The zero-order valence-corrected chi connectivity index (χ0v) is 28.4. The van der Waals surface area contributed by atoms with Gasteiger partial charge in [-0.3, -0.25) is 18.8 Å². The van der Waals surface area contributed by atoms with E-state index in [0.29, 0.717) is 66.0 Å². The van der Waals surface area contributed by atoms with Crippen molar-refractivity contribution >= 4 is 23.1 Å². The van der Waals surface area contributed by atoms with Crippen molar-refractivity contribution in [2.24, 2.45) is 5.92 Å². The molecule has 0 aliphatic heterocycles. The topological polar surface area (TPSA) is 145 Å². The van der Waals surface area contributed by atoms with E-state index in [2.05, 4.69) is 40.0 Å². The molecule has 0 unspecified atom stereocenters. The lowest BCUT2D eigenvalue weighted by Crippen LogP contribution is -2.31. The number of rotatable bonds is 13. The monoisotopic (exact) mass is 656 g/mol. The molecule has 5 rings (SSSR count). The van der Waals surface area contributed by atoms with E-state index < -0.39 is 6.04 Å². The SMILES string of the molecule is COc1cc2c(c(OC)c1OC)-c1ccc(NCCCC(=O)N[C@@H](CC(C)C)c3nnc4ccccn34)c(=O)cc1[C@@H](NC(C)=O)CC2. The fourth-order valence-corrected chi connectivity index (χ4v) is 6.39. The number of anilines is 1. The van der Waals surface area contributed by atoms with Gasteiger partial charge in [0.2, 0.25) is 23.0 Å². The maximum atomic E-state index is 13.6. The van der Waals surface area contributed by atoms with Gasteiger partial charge >= 0.3 is 0 Å². The van der Waals surface area contributed by atoms with Crippen LogP contribution in [0.4, 0.5) is 5.69 Å². The number of aryl methyl sites for hydroxylation is 1. The molecule has 48 heavy (non-hydrogen) atoms. The van der Waals surface area contributed by atoms with Crippen LogP contribution in [-0.4, -0.2) is 54.3 Å². The molecule has 2 aromatic carbocycles. The molecule has 2 aromatic heterocycles. The Balaban J connectivity index is 1.36. The summed E-state index contributed by atoms with van der Waals surface area (Å²) >= 11 is 0. The third-order valence-corrected chi connectivity index (χ3v) is 8.51. The summed E-state index contributed by atoms with van der Waals surface area (Å²) in [6.07, 6.45) is 4.56. The van der Waals surface area contributed by atoms with Gasteiger partial charge in [-0.2, -0.15) is 0 Å². The Morgan fingerprint density at radius 3 is 2.52 bits per heavy atom. The van der Waals surface area contributed by atoms with Crippen molar-refractivity contribution in [2.75, 3.05) is 33.2 Å². The van der Waals surface area contributed by atoms with Gasteiger partial charge in [0.05, 0.1) is 39.1 Å². The predicted molar refractivity (Wildman–Crippen MR) is 184 cm³/mol. The van der Waals surface area contributed by atoms with Crippen LogP contribution in [0.1, 0.15) is 75.5 Å². The molecule has 0 saturated heterocycles. The van der Waals surface area contributed by atoms with Gasteiger partial charge in [-0.05, 0) is 78.6 Å². The van der Waals surface area contributed by atoms with Gasteiger partial charge in [0.25, 0.3) is 0 Å². The molecule has 3 N–H and O–H groups in total. The number of ether oxygens (including phenoxy) is 3. The summed E-state index contributed by atoms with van der Waals surface area (Å²) in [5, 5.41) is 18.0. The molecule has 2 atom stereocenters. The minimum atomic E-state index is -0.399. The maximum absolute atomic E-state index is 13.6. The number of nitrogens with zero attached hydrogens (tertiary/aromatic N) is 3. The second kappa shape index (κ2) is 15.2. The number of aromatic nitrogens is 3. The maximum Gasteiger partial charge on any atom is 0.220 e. The van der Waals surface area contributed by atoms with Crippen LogP contribution in [-0.2, 0) is 16.0 Å². The quantitative estimate of drug-likeness (QED) is 0.169. The molecule has 0 spiro atoms. The van der Waals surface area contributed by atoms with E-state index in [1.54, 1.807) is 33.5 Å². The van der Waals surface area contributed by atoms with Crippen molar-refractivity contribution in [1.82, 2.24) is 25.2 Å². The molecule has 1 aliphatic carbocycles. The van der Waals surface area contributed by atoms with Crippen LogP contribution in [0.15, 0.2) is 53.5 Å². The molecular weight excluding hydrogens is 612 g/mol. The lowest BCUT2D eigenvalue weighted by atomic mass is 9.95. The second-order valence-electron chi connectivity index (χ2n) is 12.4. The van der Waals surface area contributed by atoms with Crippen molar-refractivity contribution in [2.45, 2.75) is 65.0 Å². The first-order chi connectivity index (χ1) is 23.1. The van der Waals surface area contributed by atoms with E-state index in [9.17, 15) is 14.4 Å². The number of carbonyl (C=O) groups is 2. The largest absolute Gasteiger partial charge is 0.493 e. The van der Waals surface area contributed by atoms with Gasteiger partial charge in [0.1, 0.15) is 0 Å². The van der Waals surface area contributed by atoms with E-state index >= 15 is 0 Å². The van der Waals surface area contributed by atoms with E-state index in [1.807, 2.05) is 40.9 Å². The van der Waals surface area contributed by atoms with Crippen molar-refractivity contribution in [3.63, 3.8) is 0 Å². The molecule has 12 nitrogen and oxygen atoms in total. The van der Waals surface area contributed by atoms with E-state index in [4.69, 9.17) is 14.2 Å². The Bertz CT molecular complexity index is 1860. The Hall–Kier alpha value is -5.13. The number of hydrogen-bond acceptors (Lipinski definition) is 9. The van der Waals surface area contributed by atoms with E-state index in [0.717, 1.165) is 28.8 Å². The van der Waals surface area contributed by atoms with Gasteiger partial charge in [-0.25, -0.2) is 0 Å². The number of nitrogens with one attached hydrogen (secondary N) is 3. The number of carbonyl (C=O) groups excluding carboxylic acids is 2. The van der Waals surface area contributed by atoms with Crippen molar-refractivity contribution < 1.29 is 23.8 Å². The van der Waals surface area contributed by atoms with Crippen molar-refractivity contribution in [1.29, 1.82) is 0 Å². The minimum absolute atomic E-state index is 0.103. The zero-order chi connectivity index (χ0) is 34.4. The number of methoxy groups -OCH3 is 3. The number of benzene rings is 1. The molecule has 0 saturated carbocycles. The summed E-state index contributed by atoms with van der Waals surface area (Å²) in [4.78, 5) is 38.9. The van der Waals surface area contributed by atoms with E-state index in [-0.39, 0.29) is 29.7 Å². The van der Waals surface area contributed by atoms with Gasteiger partial charge < -0.3 is 30.2 Å². The van der Waals surface area contributed by atoms with Crippen LogP contribution in [0.5, 0.6) is 17.2 Å². The number of fused-ring (bicyclic) bond motifs is 4. The normalized spacial score (nSPS) is 14.4. The number of hydrogen-bond donors (Lipinski definition) is 3. The Morgan fingerprint density at radius 1 is 1.02 bits per heavy atom. The van der Waals surface area contributed by atoms with Gasteiger partial charge in [0, 0.05) is 31.6 Å². The molecule has 2 amide bonds. The van der Waals surface area contributed by atoms with Crippen LogP contribution >= 0.6 is 0 Å². The first-order valence-corrected chi connectivity index (χ1v) is 16.3. The van der Waals surface area contributed by atoms with Gasteiger partial charge in [0.15, 0.2) is 23.0 Å². The number of amides is 2. The average Bonchev–Trinajstić information content (AvgIpc) is 3.36. The molecule has 2 heterocycles. The van der Waals surface area contributed by atoms with Crippen LogP contribution < -0.4 is 35.6 Å². The fourth-order valence-electron chi connectivity index (χ4n) is 6.39. The highest BCUT2D eigenvalue weighted by atomic mass is 16.5. The molecule has 254 valence electrons. The first-order valence-electron chi connectivity index (χ1n) is 16.3. The third kappa shape index (κ3) is 7.37. The predicted octanol–water partition coefficient (Wildman–Crippen LogP) is 5.00. The van der Waals surface area contributed by atoms with Crippen LogP contribution in [0, 0.1) is 5.92 Å². The molecular formula is C36H44N6O6. The fraction of sp³-hybridized carbons (Fsp3) is 0.417. The average molecular weight is 657 g/mol.